The number of carbonyl (C=O) groups is 1. The molecule has 160 valence electrons. The van der Waals surface area contributed by atoms with Gasteiger partial charge in [0.2, 0.25) is 15.9 Å². The Hall–Kier alpha value is -3.34. The first-order chi connectivity index (χ1) is 14.2. The average Bonchev–Trinajstić information content (AvgIpc) is 2.69. The fraction of sp³-hybridized carbons (Fsp3) is 0.316. The van der Waals surface area contributed by atoms with E-state index in [4.69, 9.17) is 9.47 Å². The quantitative estimate of drug-likeness (QED) is 0.517. The van der Waals surface area contributed by atoms with Gasteiger partial charge in [0.1, 0.15) is 19.3 Å². The maximum atomic E-state index is 12.4. The number of fused-ring (bicyclic) bond motifs is 1. The predicted octanol–water partition coefficient (Wildman–Crippen LogP) is 1.63. The Balaban J connectivity index is 1.69. The first-order valence-electron chi connectivity index (χ1n) is 9.03. The summed E-state index contributed by atoms with van der Waals surface area (Å²) in [5.41, 5.74) is 0.00218. The van der Waals surface area contributed by atoms with Gasteiger partial charge in [-0.15, -0.1) is 0 Å². The molecular formula is C19H21N3O7S. The molecular weight excluding hydrogens is 414 g/mol. The van der Waals surface area contributed by atoms with E-state index in [1.807, 2.05) is 6.07 Å². The van der Waals surface area contributed by atoms with Crippen LogP contribution in [0.2, 0.25) is 0 Å². The van der Waals surface area contributed by atoms with Crippen LogP contribution in [0, 0.1) is 17.0 Å². The van der Waals surface area contributed by atoms with E-state index in [0.717, 1.165) is 10.6 Å². The second-order valence-electron chi connectivity index (χ2n) is 6.75. The number of hydrogen-bond donors (Lipinski definition) is 1. The Labute approximate surface area is 173 Å². The zero-order valence-electron chi connectivity index (χ0n) is 16.4. The van der Waals surface area contributed by atoms with E-state index in [-0.39, 0.29) is 30.1 Å². The molecule has 0 aromatic heterocycles. The molecule has 0 spiro atoms. The third-order valence-corrected chi connectivity index (χ3v) is 5.65. The van der Waals surface area contributed by atoms with Crippen LogP contribution in [0.1, 0.15) is 5.56 Å². The molecule has 10 nitrogen and oxygen atoms in total. The second-order valence-corrected chi connectivity index (χ2v) is 8.66. The molecule has 2 aromatic carbocycles. The molecule has 0 aliphatic carbocycles. The maximum absolute atomic E-state index is 12.4. The van der Waals surface area contributed by atoms with Crippen molar-refractivity contribution in [3.63, 3.8) is 0 Å². The Bertz CT molecular complexity index is 1070. The summed E-state index contributed by atoms with van der Waals surface area (Å²) in [6, 6.07) is 11.2. The van der Waals surface area contributed by atoms with Gasteiger partial charge in [-0.25, -0.2) is 8.42 Å². The van der Waals surface area contributed by atoms with Gasteiger partial charge >= 0.3 is 0 Å². The number of para-hydroxylation sites is 2. The van der Waals surface area contributed by atoms with Gasteiger partial charge in [0.05, 0.1) is 29.0 Å². The Morgan fingerprint density at radius 3 is 2.60 bits per heavy atom. The molecule has 30 heavy (non-hydrogen) atoms. The number of sulfonamides is 1. The lowest BCUT2D eigenvalue weighted by molar-refractivity contribution is -0.385. The first-order valence-corrected chi connectivity index (χ1v) is 10.9. The lowest BCUT2D eigenvalue weighted by Gasteiger charge is -2.27. The molecule has 1 heterocycles. The van der Waals surface area contributed by atoms with E-state index in [0.29, 0.717) is 11.5 Å². The average molecular weight is 435 g/mol. The lowest BCUT2D eigenvalue weighted by Crippen LogP contribution is -2.45. The number of anilines is 1. The van der Waals surface area contributed by atoms with Crippen molar-refractivity contribution < 1.29 is 27.6 Å². The van der Waals surface area contributed by atoms with Crippen molar-refractivity contribution in [3.05, 3.63) is 58.1 Å². The molecule has 1 amide bonds. The smallest absolute Gasteiger partial charge is 0.274 e. The van der Waals surface area contributed by atoms with Gasteiger partial charge in [-0.05, 0) is 25.1 Å². The van der Waals surface area contributed by atoms with Gasteiger partial charge in [0.25, 0.3) is 5.69 Å². The van der Waals surface area contributed by atoms with Crippen LogP contribution in [0.3, 0.4) is 0 Å². The molecule has 0 saturated carbocycles. The van der Waals surface area contributed by atoms with Crippen LogP contribution in [0.15, 0.2) is 42.5 Å². The minimum atomic E-state index is -3.87. The molecule has 1 N–H and O–H groups in total. The summed E-state index contributed by atoms with van der Waals surface area (Å²) in [7, 11) is -3.87. The van der Waals surface area contributed by atoms with Gasteiger partial charge < -0.3 is 14.8 Å². The number of benzene rings is 2. The van der Waals surface area contributed by atoms with Gasteiger partial charge in [0, 0.05) is 6.07 Å². The van der Waals surface area contributed by atoms with Crippen LogP contribution in [-0.4, -0.2) is 51.3 Å². The molecule has 11 heteroatoms. The van der Waals surface area contributed by atoms with E-state index in [1.54, 1.807) is 18.2 Å². The summed E-state index contributed by atoms with van der Waals surface area (Å²) >= 11 is 0. The number of ether oxygens (including phenoxy) is 2. The third-order valence-electron chi connectivity index (χ3n) is 4.52. The number of carbonyl (C=O) groups excluding carboxylic acids is 1. The summed E-state index contributed by atoms with van der Waals surface area (Å²) in [5.74, 6) is 0.603. The highest BCUT2D eigenvalue weighted by atomic mass is 32.2. The molecule has 1 aliphatic rings. The molecule has 0 fully saturated rings. The number of rotatable bonds is 7. The molecule has 0 radical (unpaired) electrons. The predicted molar refractivity (Wildman–Crippen MR) is 109 cm³/mol. The van der Waals surface area contributed by atoms with Crippen molar-refractivity contribution >= 4 is 27.3 Å². The van der Waals surface area contributed by atoms with Crippen LogP contribution in [-0.2, 0) is 14.8 Å². The molecule has 0 bridgehead atoms. The van der Waals surface area contributed by atoms with Crippen LogP contribution in [0.4, 0.5) is 11.4 Å². The summed E-state index contributed by atoms with van der Waals surface area (Å²) < 4.78 is 36.7. The summed E-state index contributed by atoms with van der Waals surface area (Å²) in [6.45, 7) is 1.26. The first kappa shape index (κ1) is 21.4. The van der Waals surface area contributed by atoms with Gasteiger partial charge in [-0.1, -0.05) is 18.2 Å². The normalized spacial score (nSPS) is 15.3. The molecule has 3 rings (SSSR count). The zero-order chi connectivity index (χ0) is 21.9. The zero-order valence-corrected chi connectivity index (χ0v) is 17.2. The number of nitrogens with zero attached hydrogens (tertiary/aromatic N) is 2. The number of amides is 1. The molecule has 1 aliphatic heterocycles. The number of nitro groups is 1. The summed E-state index contributed by atoms with van der Waals surface area (Å²) in [5, 5.41) is 13.8. The Morgan fingerprint density at radius 2 is 1.93 bits per heavy atom. The SMILES string of the molecule is Cc1c(N(CC(=O)NC[C@H]2COc3ccccc3O2)S(C)(=O)=O)cccc1[N+](=O)[O-]. The topological polar surface area (TPSA) is 128 Å². The van der Waals surface area contributed by atoms with Crippen molar-refractivity contribution in [2.24, 2.45) is 0 Å². The highest BCUT2D eigenvalue weighted by Gasteiger charge is 2.27. The van der Waals surface area contributed by atoms with Crippen LogP contribution in [0.25, 0.3) is 0 Å². The van der Waals surface area contributed by atoms with Crippen LogP contribution < -0.4 is 19.1 Å². The molecule has 1 atom stereocenters. The number of hydrogen-bond acceptors (Lipinski definition) is 7. The highest BCUT2D eigenvalue weighted by molar-refractivity contribution is 7.92. The largest absolute Gasteiger partial charge is 0.486 e. The standard InChI is InChI=1S/C19H21N3O7S/c1-13-15(6-5-7-16(13)22(24)25)21(30(2,26)27)11-19(23)20-10-14-12-28-17-8-3-4-9-18(17)29-14/h3-9,14H,10-12H2,1-2H3,(H,20,23)/t14-/m0/s1. The molecule has 0 unspecified atom stereocenters. The van der Waals surface area contributed by atoms with E-state index < -0.39 is 33.5 Å². The van der Waals surface area contributed by atoms with Gasteiger partial charge in [0.15, 0.2) is 11.5 Å². The van der Waals surface area contributed by atoms with Crippen molar-refractivity contribution in [3.8, 4) is 11.5 Å². The number of nitro benzene ring substituents is 1. The monoisotopic (exact) mass is 435 g/mol. The van der Waals surface area contributed by atoms with Crippen molar-refractivity contribution in [1.82, 2.24) is 5.32 Å². The van der Waals surface area contributed by atoms with Crippen molar-refractivity contribution in [2.45, 2.75) is 13.0 Å². The van der Waals surface area contributed by atoms with Crippen molar-refractivity contribution in [1.29, 1.82) is 0 Å². The van der Waals surface area contributed by atoms with E-state index in [1.165, 1.54) is 25.1 Å². The fourth-order valence-electron chi connectivity index (χ4n) is 3.04. The van der Waals surface area contributed by atoms with Crippen LogP contribution >= 0.6 is 0 Å². The summed E-state index contributed by atoms with van der Waals surface area (Å²) in [6.07, 6.45) is 0.503. The Morgan fingerprint density at radius 1 is 1.23 bits per heavy atom. The van der Waals surface area contributed by atoms with E-state index >= 15 is 0 Å². The Kier molecular flexibility index (Phi) is 6.11. The third kappa shape index (κ3) is 4.79. The van der Waals surface area contributed by atoms with Crippen molar-refractivity contribution in [2.75, 3.05) is 30.3 Å². The summed E-state index contributed by atoms with van der Waals surface area (Å²) in [4.78, 5) is 23.0. The molecule has 2 aromatic rings. The minimum absolute atomic E-state index is 0.0769. The van der Waals surface area contributed by atoms with Crippen LogP contribution in [0.5, 0.6) is 11.5 Å². The van der Waals surface area contributed by atoms with Gasteiger partial charge in [-0.2, -0.15) is 0 Å². The maximum Gasteiger partial charge on any atom is 0.274 e. The highest BCUT2D eigenvalue weighted by Crippen LogP contribution is 2.31. The number of nitrogens with one attached hydrogen (secondary N) is 1. The fourth-order valence-corrected chi connectivity index (χ4v) is 3.95. The molecule has 0 saturated heterocycles. The lowest BCUT2D eigenvalue weighted by atomic mass is 10.1. The van der Waals surface area contributed by atoms with E-state index in [2.05, 4.69) is 5.32 Å². The van der Waals surface area contributed by atoms with E-state index in [9.17, 15) is 23.3 Å². The second kappa shape index (κ2) is 8.57. The van der Waals surface area contributed by atoms with Gasteiger partial charge in [-0.3, -0.25) is 19.2 Å². The minimum Gasteiger partial charge on any atom is -0.486 e.